The molecule has 0 spiro atoms. The summed E-state index contributed by atoms with van der Waals surface area (Å²) >= 11 is 7.38. The minimum Gasteiger partial charge on any atom is -0.325 e. The summed E-state index contributed by atoms with van der Waals surface area (Å²) in [6.45, 7) is 4.62. The van der Waals surface area contributed by atoms with E-state index in [1.807, 2.05) is 24.5 Å². The monoisotopic (exact) mass is 452 g/mol. The van der Waals surface area contributed by atoms with E-state index in [1.54, 1.807) is 18.2 Å². The Morgan fingerprint density at radius 3 is 2.69 bits per heavy atom. The number of primary sulfonamides is 1. The number of benzene rings is 2. The first-order valence-corrected chi connectivity index (χ1v) is 11.8. The number of sulfonamides is 1. The van der Waals surface area contributed by atoms with Gasteiger partial charge < -0.3 is 9.88 Å². The molecule has 0 radical (unpaired) electrons. The van der Waals surface area contributed by atoms with E-state index < -0.39 is 10.0 Å². The molecular formula is C19H21ClN4O3S2. The Balaban J connectivity index is 1.80. The molecule has 1 aromatic heterocycles. The number of hydrogen-bond donors (Lipinski definition) is 2. The number of imidazole rings is 1. The van der Waals surface area contributed by atoms with Crippen LogP contribution in [0, 0.1) is 6.92 Å². The van der Waals surface area contributed by atoms with E-state index in [-0.39, 0.29) is 16.6 Å². The van der Waals surface area contributed by atoms with Crippen LogP contribution in [-0.4, -0.2) is 29.6 Å². The van der Waals surface area contributed by atoms with Crippen molar-refractivity contribution >= 4 is 56.0 Å². The molecule has 0 aliphatic rings. The van der Waals surface area contributed by atoms with Crippen LogP contribution in [0.15, 0.2) is 46.5 Å². The maximum Gasteiger partial charge on any atom is 0.238 e. The van der Waals surface area contributed by atoms with Crippen LogP contribution in [0.25, 0.3) is 11.0 Å². The molecule has 3 N–H and O–H groups in total. The van der Waals surface area contributed by atoms with E-state index in [0.29, 0.717) is 27.9 Å². The first kappa shape index (κ1) is 21.6. The molecule has 0 fully saturated rings. The SMILES string of the molecule is CCCn1c(SCC(=O)Nc2ccc(C)c(Cl)c2)nc2cc(S(N)(=O)=O)ccc21. The molecule has 29 heavy (non-hydrogen) atoms. The van der Waals surface area contributed by atoms with Crippen LogP contribution < -0.4 is 10.5 Å². The lowest BCUT2D eigenvalue weighted by atomic mass is 10.2. The number of nitrogens with zero attached hydrogens (tertiary/aromatic N) is 2. The fraction of sp³-hybridized carbons (Fsp3) is 0.263. The first-order chi connectivity index (χ1) is 13.7. The topological polar surface area (TPSA) is 107 Å². The quantitative estimate of drug-likeness (QED) is 0.530. The van der Waals surface area contributed by atoms with Gasteiger partial charge in [-0.3, -0.25) is 4.79 Å². The number of amides is 1. The van der Waals surface area contributed by atoms with Gasteiger partial charge in [-0.25, -0.2) is 18.5 Å². The third kappa shape index (κ3) is 5.11. The fourth-order valence-electron chi connectivity index (χ4n) is 2.81. The lowest BCUT2D eigenvalue weighted by molar-refractivity contribution is -0.113. The van der Waals surface area contributed by atoms with Gasteiger partial charge in [0, 0.05) is 17.3 Å². The molecule has 1 heterocycles. The highest BCUT2D eigenvalue weighted by atomic mass is 35.5. The summed E-state index contributed by atoms with van der Waals surface area (Å²) in [4.78, 5) is 16.9. The number of fused-ring (bicyclic) bond motifs is 1. The number of aryl methyl sites for hydroxylation is 2. The van der Waals surface area contributed by atoms with Crippen molar-refractivity contribution in [1.29, 1.82) is 0 Å². The normalized spacial score (nSPS) is 11.7. The van der Waals surface area contributed by atoms with Crippen molar-refractivity contribution in [3.05, 3.63) is 47.0 Å². The number of aromatic nitrogens is 2. The predicted octanol–water partition coefficient (Wildman–Crippen LogP) is 3.79. The summed E-state index contributed by atoms with van der Waals surface area (Å²) in [7, 11) is -3.81. The van der Waals surface area contributed by atoms with Gasteiger partial charge in [-0.2, -0.15) is 0 Å². The second-order valence-corrected chi connectivity index (χ2v) is 9.45. The van der Waals surface area contributed by atoms with Crippen molar-refractivity contribution in [2.75, 3.05) is 11.1 Å². The molecule has 154 valence electrons. The lowest BCUT2D eigenvalue weighted by Crippen LogP contribution is -2.14. The van der Waals surface area contributed by atoms with E-state index in [0.717, 1.165) is 17.5 Å². The number of anilines is 1. The van der Waals surface area contributed by atoms with Gasteiger partial charge in [-0.15, -0.1) is 0 Å². The van der Waals surface area contributed by atoms with E-state index in [1.165, 1.54) is 23.9 Å². The third-order valence-corrected chi connectivity index (χ3v) is 6.54. The Hall–Kier alpha value is -2.07. The fourth-order valence-corrected chi connectivity index (χ4v) is 4.37. The Morgan fingerprint density at radius 2 is 2.03 bits per heavy atom. The summed E-state index contributed by atoms with van der Waals surface area (Å²) < 4.78 is 25.2. The molecule has 1 amide bonds. The molecular weight excluding hydrogens is 432 g/mol. The number of thioether (sulfide) groups is 1. The molecule has 2 aromatic carbocycles. The van der Waals surface area contributed by atoms with Crippen LogP contribution in [-0.2, 0) is 21.4 Å². The zero-order valence-corrected chi connectivity index (χ0v) is 18.4. The summed E-state index contributed by atoms with van der Waals surface area (Å²) in [5.41, 5.74) is 2.89. The predicted molar refractivity (Wildman–Crippen MR) is 117 cm³/mol. The van der Waals surface area contributed by atoms with Crippen molar-refractivity contribution in [3.63, 3.8) is 0 Å². The molecule has 0 saturated carbocycles. The second kappa shape index (κ2) is 8.74. The van der Waals surface area contributed by atoms with Gasteiger partial charge in [0.1, 0.15) is 0 Å². The largest absolute Gasteiger partial charge is 0.325 e. The van der Waals surface area contributed by atoms with Crippen LogP contribution in [0.1, 0.15) is 18.9 Å². The molecule has 3 rings (SSSR count). The zero-order valence-electron chi connectivity index (χ0n) is 16.0. The second-order valence-electron chi connectivity index (χ2n) is 6.54. The average Bonchev–Trinajstić information content (AvgIpc) is 3.00. The molecule has 0 aliphatic carbocycles. The van der Waals surface area contributed by atoms with Gasteiger partial charge >= 0.3 is 0 Å². The van der Waals surface area contributed by atoms with Crippen molar-refractivity contribution in [1.82, 2.24) is 9.55 Å². The molecule has 0 aliphatic heterocycles. The van der Waals surface area contributed by atoms with Gasteiger partial charge in [0.05, 0.1) is 21.7 Å². The summed E-state index contributed by atoms with van der Waals surface area (Å²) in [6.07, 6.45) is 0.865. The molecule has 3 aromatic rings. The van der Waals surface area contributed by atoms with Gasteiger partial charge in [-0.05, 0) is 49.2 Å². The maximum absolute atomic E-state index is 12.3. The number of nitrogens with two attached hydrogens (primary N) is 1. The van der Waals surface area contributed by atoms with E-state index in [4.69, 9.17) is 16.7 Å². The van der Waals surface area contributed by atoms with Gasteiger partial charge in [0.2, 0.25) is 15.9 Å². The lowest BCUT2D eigenvalue weighted by Gasteiger charge is -2.09. The highest BCUT2D eigenvalue weighted by molar-refractivity contribution is 7.99. The standard InChI is InChI=1S/C19H21ClN4O3S2/c1-3-8-24-17-7-6-14(29(21,26)27)10-16(17)23-19(24)28-11-18(25)22-13-5-4-12(2)15(20)9-13/h4-7,9-10H,3,8,11H2,1-2H3,(H,22,25)(H2,21,26,27). The average molecular weight is 453 g/mol. The maximum atomic E-state index is 12.3. The smallest absolute Gasteiger partial charge is 0.238 e. The Bertz CT molecular complexity index is 1180. The van der Waals surface area contributed by atoms with Crippen molar-refractivity contribution < 1.29 is 13.2 Å². The van der Waals surface area contributed by atoms with E-state index in [2.05, 4.69) is 10.3 Å². The first-order valence-electron chi connectivity index (χ1n) is 8.91. The van der Waals surface area contributed by atoms with Crippen molar-refractivity contribution in [2.45, 2.75) is 36.9 Å². The molecule has 0 bridgehead atoms. The van der Waals surface area contributed by atoms with Gasteiger partial charge in [0.15, 0.2) is 5.16 Å². The molecule has 7 nitrogen and oxygen atoms in total. The third-order valence-electron chi connectivity index (χ3n) is 4.25. The van der Waals surface area contributed by atoms with Crippen LogP contribution >= 0.6 is 23.4 Å². The van der Waals surface area contributed by atoms with Gasteiger partial charge in [-0.1, -0.05) is 36.4 Å². The Kier molecular flexibility index (Phi) is 6.52. The highest BCUT2D eigenvalue weighted by Gasteiger charge is 2.16. The Labute approximate surface area is 178 Å². The minimum absolute atomic E-state index is 0.0108. The summed E-state index contributed by atoms with van der Waals surface area (Å²) in [5.74, 6) is -0.0316. The molecule has 0 atom stereocenters. The number of nitrogens with one attached hydrogen (secondary N) is 1. The number of carbonyl (C=O) groups is 1. The van der Waals surface area contributed by atoms with Crippen LogP contribution in [0.2, 0.25) is 5.02 Å². The molecule has 0 saturated heterocycles. The van der Waals surface area contributed by atoms with Crippen molar-refractivity contribution in [2.24, 2.45) is 5.14 Å². The zero-order chi connectivity index (χ0) is 21.2. The number of hydrogen-bond acceptors (Lipinski definition) is 5. The minimum atomic E-state index is -3.81. The molecule has 0 unspecified atom stereocenters. The van der Waals surface area contributed by atoms with E-state index >= 15 is 0 Å². The number of carbonyl (C=O) groups excluding carboxylic acids is 1. The number of rotatable bonds is 7. The van der Waals surface area contributed by atoms with Crippen LogP contribution in [0.5, 0.6) is 0 Å². The summed E-state index contributed by atoms with van der Waals surface area (Å²) in [5, 5.41) is 9.26. The van der Waals surface area contributed by atoms with E-state index in [9.17, 15) is 13.2 Å². The van der Waals surface area contributed by atoms with Crippen LogP contribution in [0.4, 0.5) is 5.69 Å². The summed E-state index contributed by atoms with van der Waals surface area (Å²) in [6, 6.07) is 9.96. The molecule has 10 heteroatoms. The van der Waals surface area contributed by atoms with Gasteiger partial charge in [0.25, 0.3) is 0 Å². The highest BCUT2D eigenvalue weighted by Crippen LogP contribution is 2.27. The number of halogens is 1. The Morgan fingerprint density at radius 1 is 1.28 bits per heavy atom. The van der Waals surface area contributed by atoms with Crippen molar-refractivity contribution in [3.8, 4) is 0 Å². The van der Waals surface area contributed by atoms with Crippen LogP contribution in [0.3, 0.4) is 0 Å².